The summed E-state index contributed by atoms with van der Waals surface area (Å²) in [6, 6.07) is 1.39. The summed E-state index contributed by atoms with van der Waals surface area (Å²) in [7, 11) is -4.14. The zero-order chi connectivity index (χ0) is 16.2. The number of aromatic carboxylic acids is 1. The first-order chi connectivity index (χ1) is 9.69. The van der Waals surface area contributed by atoms with Crippen molar-refractivity contribution in [1.82, 2.24) is 4.72 Å². The van der Waals surface area contributed by atoms with E-state index in [-0.39, 0.29) is 6.54 Å². The number of hydrogen-bond acceptors (Lipinski definition) is 4. The van der Waals surface area contributed by atoms with E-state index in [9.17, 15) is 22.7 Å². The van der Waals surface area contributed by atoms with Gasteiger partial charge in [-0.15, -0.1) is 0 Å². The summed E-state index contributed by atoms with van der Waals surface area (Å²) < 4.78 is 39.5. The van der Waals surface area contributed by atoms with Gasteiger partial charge in [0.2, 0.25) is 10.0 Å². The van der Waals surface area contributed by atoms with Gasteiger partial charge >= 0.3 is 5.97 Å². The molecule has 1 rings (SSSR count). The molecule has 0 aliphatic rings. The highest BCUT2D eigenvalue weighted by molar-refractivity contribution is 7.89. The van der Waals surface area contributed by atoms with Crippen molar-refractivity contribution in [3.63, 3.8) is 0 Å². The number of aliphatic hydroxyl groups excluding tert-OH is 1. The summed E-state index contributed by atoms with van der Waals surface area (Å²) in [6.45, 7) is 1.58. The molecule has 0 aliphatic heterocycles. The third-order valence-corrected chi connectivity index (χ3v) is 4.46. The lowest BCUT2D eigenvalue weighted by molar-refractivity contribution is 0.0696. The number of nitrogens with one attached hydrogen (secondary N) is 1. The molecule has 1 atom stereocenters. The number of aliphatic hydroxyl groups is 1. The molecular weight excluding hydrogens is 325 g/mol. The molecule has 0 radical (unpaired) electrons. The monoisotopic (exact) mass is 339 g/mol. The lowest BCUT2D eigenvalue weighted by atomic mass is 10.2. The van der Waals surface area contributed by atoms with E-state index in [0.29, 0.717) is 18.9 Å². The van der Waals surface area contributed by atoms with Crippen molar-refractivity contribution in [2.75, 3.05) is 6.54 Å². The van der Waals surface area contributed by atoms with Gasteiger partial charge in [-0.25, -0.2) is 22.3 Å². The Hall–Kier alpha value is -1.22. The van der Waals surface area contributed by atoms with Crippen LogP contribution < -0.4 is 4.72 Å². The summed E-state index contributed by atoms with van der Waals surface area (Å²) in [5.74, 6) is -2.69. The fourth-order valence-electron chi connectivity index (χ4n) is 1.60. The summed E-state index contributed by atoms with van der Waals surface area (Å²) in [5.41, 5.74) is -0.647. The maximum atomic E-state index is 13.5. The fourth-order valence-corrected chi connectivity index (χ4v) is 2.90. The number of benzene rings is 1. The molecule has 0 heterocycles. The Morgan fingerprint density at radius 2 is 2.10 bits per heavy atom. The average Bonchev–Trinajstić information content (AvgIpc) is 2.39. The van der Waals surface area contributed by atoms with Crippen molar-refractivity contribution >= 4 is 27.6 Å². The van der Waals surface area contributed by atoms with Gasteiger partial charge in [0.1, 0.15) is 5.82 Å². The van der Waals surface area contributed by atoms with Gasteiger partial charge in [-0.05, 0) is 18.6 Å². The van der Waals surface area contributed by atoms with Crippen molar-refractivity contribution in [2.24, 2.45) is 0 Å². The molecule has 0 saturated heterocycles. The van der Waals surface area contributed by atoms with Crippen LogP contribution in [0.3, 0.4) is 0 Å². The van der Waals surface area contributed by atoms with E-state index in [2.05, 4.69) is 4.72 Å². The number of halogens is 2. The molecule has 0 fully saturated rings. The largest absolute Gasteiger partial charge is 0.478 e. The molecule has 1 aromatic rings. The van der Waals surface area contributed by atoms with E-state index in [1.807, 2.05) is 6.92 Å². The van der Waals surface area contributed by atoms with Gasteiger partial charge < -0.3 is 10.2 Å². The zero-order valence-electron chi connectivity index (χ0n) is 11.1. The highest BCUT2D eigenvalue weighted by Gasteiger charge is 2.22. The van der Waals surface area contributed by atoms with Crippen LogP contribution in [0.5, 0.6) is 0 Å². The predicted octanol–water partition coefficient (Wildman–Crippen LogP) is 1.62. The van der Waals surface area contributed by atoms with Gasteiger partial charge in [0.15, 0.2) is 0 Å². The molecule has 0 bridgehead atoms. The number of rotatable bonds is 7. The number of carboxylic acid groups (broad SMARTS) is 1. The van der Waals surface area contributed by atoms with Crippen LogP contribution in [-0.2, 0) is 10.0 Å². The van der Waals surface area contributed by atoms with Crippen LogP contribution in [0.15, 0.2) is 17.0 Å². The second-order valence-corrected chi connectivity index (χ2v) is 6.51. The molecule has 118 valence electrons. The average molecular weight is 340 g/mol. The van der Waals surface area contributed by atoms with Crippen molar-refractivity contribution < 1.29 is 27.8 Å². The minimum atomic E-state index is -4.14. The first-order valence-electron chi connectivity index (χ1n) is 6.09. The number of sulfonamides is 1. The Bertz CT molecular complexity index is 635. The van der Waals surface area contributed by atoms with E-state index in [0.717, 1.165) is 6.07 Å². The molecule has 9 heteroatoms. The molecule has 0 aliphatic carbocycles. The highest BCUT2D eigenvalue weighted by atomic mass is 35.5. The van der Waals surface area contributed by atoms with Crippen LogP contribution in [0.1, 0.15) is 30.1 Å². The highest BCUT2D eigenvalue weighted by Crippen LogP contribution is 2.24. The van der Waals surface area contributed by atoms with Gasteiger partial charge in [-0.3, -0.25) is 0 Å². The quantitative estimate of drug-likeness (QED) is 0.700. The molecule has 1 aromatic carbocycles. The minimum absolute atomic E-state index is 0.247. The normalized spacial score (nSPS) is 13.1. The van der Waals surface area contributed by atoms with Gasteiger partial charge in [0.05, 0.1) is 21.6 Å². The Kier molecular flexibility index (Phi) is 6.09. The second kappa shape index (κ2) is 7.17. The molecule has 0 aromatic heterocycles. The molecule has 3 N–H and O–H groups in total. The smallest absolute Gasteiger partial charge is 0.337 e. The molecule has 21 heavy (non-hydrogen) atoms. The van der Waals surface area contributed by atoms with E-state index in [4.69, 9.17) is 16.7 Å². The Labute approximate surface area is 126 Å². The van der Waals surface area contributed by atoms with Crippen LogP contribution in [0.2, 0.25) is 5.02 Å². The standard InChI is InChI=1S/C12H15ClFNO5S/c1-2-3-7(16)6-15-21(19,20)8-4-9(12(17)18)11(13)10(14)5-8/h4-5,7,15-16H,2-3,6H2,1H3,(H,17,18). The first kappa shape index (κ1) is 17.8. The topological polar surface area (TPSA) is 104 Å². The van der Waals surface area contributed by atoms with Crippen molar-refractivity contribution in [3.8, 4) is 0 Å². The fraction of sp³-hybridized carbons (Fsp3) is 0.417. The number of carboxylic acids is 1. The lowest BCUT2D eigenvalue weighted by Gasteiger charge is -2.12. The van der Waals surface area contributed by atoms with Gasteiger partial charge in [-0.1, -0.05) is 24.9 Å². The van der Waals surface area contributed by atoms with E-state index in [1.54, 1.807) is 0 Å². The van der Waals surface area contributed by atoms with Gasteiger partial charge in [0, 0.05) is 6.54 Å². The number of carbonyl (C=O) groups is 1. The van der Waals surface area contributed by atoms with Gasteiger partial charge in [-0.2, -0.15) is 0 Å². The van der Waals surface area contributed by atoms with Crippen LogP contribution >= 0.6 is 11.6 Å². The second-order valence-electron chi connectivity index (χ2n) is 4.37. The Morgan fingerprint density at radius 3 is 2.62 bits per heavy atom. The first-order valence-corrected chi connectivity index (χ1v) is 7.95. The van der Waals surface area contributed by atoms with Crippen LogP contribution in [0.4, 0.5) is 4.39 Å². The van der Waals surface area contributed by atoms with Crippen molar-refractivity contribution in [1.29, 1.82) is 0 Å². The molecule has 6 nitrogen and oxygen atoms in total. The molecule has 0 spiro atoms. The molecule has 1 unspecified atom stereocenters. The minimum Gasteiger partial charge on any atom is -0.478 e. The van der Waals surface area contributed by atoms with E-state index < -0.39 is 43.4 Å². The number of hydrogen-bond donors (Lipinski definition) is 3. The maximum absolute atomic E-state index is 13.5. The zero-order valence-corrected chi connectivity index (χ0v) is 12.7. The summed E-state index contributed by atoms with van der Waals surface area (Å²) in [6.07, 6.45) is 0.195. The maximum Gasteiger partial charge on any atom is 0.337 e. The molecule has 0 amide bonds. The summed E-state index contributed by atoms with van der Waals surface area (Å²) >= 11 is 5.47. The lowest BCUT2D eigenvalue weighted by Crippen LogP contribution is -2.32. The van der Waals surface area contributed by atoms with E-state index >= 15 is 0 Å². The Balaban J connectivity index is 3.06. The molecule has 0 saturated carbocycles. The molecular formula is C12H15ClFNO5S. The van der Waals surface area contributed by atoms with E-state index in [1.165, 1.54) is 0 Å². The van der Waals surface area contributed by atoms with Crippen LogP contribution in [0, 0.1) is 5.82 Å². The predicted molar refractivity (Wildman–Crippen MR) is 74.5 cm³/mol. The third kappa shape index (κ3) is 4.63. The third-order valence-electron chi connectivity index (χ3n) is 2.67. The van der Waals surface area contributed by atoms with Crippen LogP contribution in [-0.4, -0.2) is 37.2 Å². The Morgan fingerprint density at radius 1 is 1.48 bits per heavy atom. The van der Waals surface area contributed by atoms with Crippen LogP contribution in [0.25, 0.3) is 0 Å². The SMILES string of the molecule is CCCC(O)CNS(=O)(=O)c1cc(F)c(Cl)c(C(=O)O)c1. The van der Waals surface area contributed by atoms with Crippen molar-refractivity contribution in [3.05, 3.63) is 28.5 Å². The van der Waals surface area contributed by atoms with Crippen molar-refractivity contribution in [2.45, 2.75) is 30.8 Å². The summed E-state index contributed by atoms with van der Waals surface area (Å²) in [4.78, 5) is 10.3. The summed E-state index contributed by atoms with van der Waals surface area (Å²) in [5, 5.41) is 17.7. The van der Waals surface area contributed by atoms with Gasteiger partial charge in [0.25, 0.3) is 0 Å².